The van der Waals surface area contributed by atoms with Crippen LogP contribution < -0.4 is 16.1 Å². The molecular formula is C16H17N5O2. The maximum Gasteiger partial charge on any atom is 0.332 e. The van der Waals surface area contributed by atoms with Crippen molar-refractivity contribution >= 4 is 17.0 Å². The molecule has 3 aromatic rings. The van der Waals surface area contributed by atoms with Gasteiger partial charge in [0.05, 0.1) is 0 Å². The molecule has 7 nitrogen and oxygen atoms in total. The summed E-state index contributed by atoms with van der Waals surface area (Å²) >= 11 is 0. The van der Waals surface area contributed by atoms with Gasteiger partial charge in [-0.1, -0.05) is 30.3 Å². The summed E-state index contributed by atoms with van der Waals surface area (Å²) in [4.78, 5) is 35.4. The van der Waals surface area contributed by atoms with Gasteiger partial charge in [-0.3, -0.25) is 13.9 Å². The van der Waals surface area contributed by atoms with Crippen molar-refractivity contribution in [2.45, 2.75) is 0 Å². The van der Waals surface area contributed by atoms with Crippen molar-refractivity contribution in [3.63, 3.8) is 0 Å². The van der Waals surface area contributed by atoms with Gasteiger partial charge < -0.3 is 4.90 Å². The molecule has 0 unspecified atom stereocenters. The molecule has 7 heteroatoms. The molecule has 1 aromatic carbocycles. The lowest BCUT2D eigenvalue weighted by molar-refractivity contribution is 0.704. The van der Waals surface area contributed by atoms with Gasteiger partial charge in [0.1, 0.15) is 5.69 Å². The minimum atomic E-state index is -0.446. The summed E-state index contributed by atoms with van der Waals surface area (Å²) in [5, 5.41) is 0. The number of nitrogens with zero attached hydrogens (tertiary/aromatic N) is 5. The predicted octanol–water partition coefficient (Wildman–Crippen LogP) is 0.760. The predicted molar refractivity (Wildman–Crippen MR) is 89.8 cm³/mol. The summed E-state index contributed by atoms with van der Waals surface area (Å²) in [7, 11) is 6.72. The van der Waals surface area contributed by atoms with Gasteiger partial charge in [0.25, 0.3) is 5.56 Å². The lowest BCUT2D eigenvalue weighted by Crippen LogP contribution is -2.38. The highest BCUT2D eigenvalue weighted by molar-refractivity contribution is 5.81. The zero-order valence-electron chi connectivity index (χ0n) is 13.4. The zero-order valence-corrected chi connectivity index (χ0v) is 13.4. The van der Waals surface area contributed by atoms with Gasteiger partial charge >= 0.3 is 5.69 Å². The summed E-state index contributed by atoms with van der Waals surface area (Å²) in [5.41, 5.74) is 1.06. The number of anilines is 1. The molecule has 2 aromatic heterocycles. The maximum atomic E-state index is 12.4. The Morgan fingerprint density at radius 2 is 1.61 bits per heavy atom. The van der Waals surface area contributed by atoms with E-state index in [4.69, 9.17) is 0 Å². The molecule has 0 N–H and O–H groups in total. The van der Waals surface area contributed by atoms with Crippen LogP contribution in [0.5, 0.6) is 0 Å². The Morgan fingerprint density at radius 1 is 0.957 bits per heavy atom. The largest absolute Gasteiger partial charge is 0.361 e. The second kappa shape index (κ2) is 5.35. The standard InChI is InChI=1S/C16H17N5O2/c1-19(2)13-11(10-8-6-5-7-9-10)17-12-14(18-13)20(3)16(23)21(4)15(12)22/h5-9H,1-4H3. The maximum absolute atomic E-state index is 12.4. The van der Waals surface area contributed by atoms with Crippen molar-refractivity contribution in [2.75, 3.05) is 19.0 Å². The van der Waals surface area contributed by atoms with Crippen LogP contribution in [0.2, 0.25) is 0 Å². The van der Waals surface area contributed by atoms with Crippen molar-refractivity contribution in [3.8, 4) is 11.3 Å². The van der Waals surface area contributed by atoms with Crippen molar-refractivity contribution in [2.24, 2.45) is 14.1 Å². The number of rotatable bonds is 2. The summed E-state index contributed by atoms with van der Waals surface area (Å²) in [6.07, 6.45) is 0. The SMILES string of the molecule is CN(C)c1nc2c(nc1-c1ccccc1)c(=O)n(C)c(=O)n2C. The molecule has 0 atom stereocenters. The highest BCUT2D eigenvalue weighted by Crippen LogP contribution is 2.27. The zero-order chi connectivity index (χ0) is 16.7. The first-order valence-corrected chi connectivity index (χ1v) is 7.12. The highest BCUT2D eigenvalue weighted by Gasteiger charge is 2.17. The molecule has 0 bridgehead atoms. The number of fused-ring (bicyclic) bond motifs is 1. The third kappa shape index (κ3) is 2.30. The number of hydrogen-bond donors (Lipinski definition) is 0. The van der Waals surface area contributed by atoms with E-state index in [2.05, 4.69) is 9.97 Å². The van der Waals surface area contributed by atoms with Gasteiger partial charge in [0.15, 0.2) is 17.0 Å². The van der Waals surface area contributed by atoms with Crippen LogP contribution >= 0.6 is 0 Å². The van der Waals surface area contributed by atoms with Gasteiger partial charge in [0.2, 0.25) is 0 Å². The minimum Gasteiger partial charge on any atom is -0.361 e. The van der Waals surface area contributed by atoms with E-state index in [0.717, 1.165) is 10.1 Å². The Balaban J connectivity index is 2.49. The van der Waals surface area contributed by atoms with Gasteiger partial charge in [-0.25, -0.2) is 14.8 Å². The number of hydrogen-bond acceptors (Lipinski definition) is 5. The van der Waals surface area contributed by atoms with Gasteiger partial charge in [-0.2, -0.15) is 0 Å². The Hall–Kier alpha value is -2.96. The van der Waals surface area contributed by atoms with Crippen LogP contribution in [0.25, 0.3) is 22.4 Å². The summed E-state index contributed by atoms with van der Waals surface area (Å²) in [6, 6.07) is 9.54. The van der Waals surface area contributed by atoms with Crippen LogP contribution in [0, 0.1) is 0 Å². The molecule has 0 radical (unpaired) electrons. The molecule has 0 saturated heterocycles. The Labute approximate surface area is 132 Å². The van der Waals surface area contributed by atoms with Gasteiger partial charge in [-0.05, 0) is 0 Å². The molecule has 0 fully saturated rings. The molecule has 0 saturated carbocycles. The Bertz CT molecular complexity index is 1000. The molecule has 23 heavy (non-hydrogen) atoms. The van der Waals surface area contributed by atoms with Crippen molar-refractivity contribution in [1.29, 1.82) is 0 Å². The van der Waals surface area contributed by atoms with Crippen LogP contribution in [0.3, 0.4) is 0 Å². The lowest BCUT2D eigenvalue weighted by atomic mass is 10.1. The fraction of sp³-hybridized carbons (Fsp3) is 0.250. The highest BCUT2D eigenvalue weighted by atomic mass is 16.2. The van der Waals surface area contributed by atoms with E-state index in [0.29, 0.717) is 11.5 Å². The summed E-state index contributed by atoms with van der Waals surface area (Å²) in [5.74, 6) is 0.604. The van der Waals surface area contributed by atoms with Gasteiger partial charge in [-0.15, -0.1) is 0 Å². The van der Waals surface area contributed by atoms with Crippen LogP contribution in [0.4, 0.5) is 5.82 Å². The first-order valence-electron chi connectivity index (χ1n) is 7.12. The number of aromatic nitrogens is 4. The topological polar surface area (TPSA) is 73.0 Å². The molecule has 0 amide bonds. The molecule has 2 heterocycles. The fourth-order valence-corrected chi connectivity index (χ4v) is 2.46. The van der Waals surface area contributed by atoms with Crippen molar-refractivity contribution < 1.29 is 0 Å². The van der Waals surface area contributed by atoms with E-state index in [-0.39, 0.29) is 11.2 Å². The number of aryl methyl sites for hydroxylation is 1. The summed E-state index contributed by atoms with van der Waals surface area (Å²) in [6.45, 7) is 0. The second-order valence-electron chi connectivity index (χ2n) is 5.53. The molecule has 0 aliphatic rings. The molecule has 0 spiro atoms. The first-order chi connectivity index (χ1) is 10.9. The summed E-state index contributed by atoms with van der Waals surface area (Å²) < 4.78 is 2.38. The average molecular weight is 311 g/mol. The van der Waals surface area contributed by atoms with E-state index >= 15 is 0 Å². The Kier molecular flexibility index (Phi) is 3.48. The second-order valence-corrected chi connectivity index (χ2v) is 5.53. The third-order valence-corrected chi connectivity index (χ3v) is 3.73. The first kappa shape index (κ1) is 15.0. The lowest BCUT2D eigenvalue weighted by Gasteiger charge is -2.17. The van der Waals surface area contributed by atoms with E-state index in [1.54, 1.807) is 7.05 Å². The molecule has 0 aliphatic heterocycles. The number of benzene rings is 1. The molecule has 118 valence electrons. The van der Waals surface area contributed by atoms with E-state index in [9.17, 15) is 9.59 Å². The molecule has 0 aliphatic carbocycles. The molecular weight excluding hydrogens is 294 g/mol. The van der Waals surface area contributed by atoms with Crippen LogP contribution in [0.15, 0.2) is 39.9 Å². The smallest absolute Gasteiger partial charge is 0.332 e. The van der Waals surface area contributed by atoms with Crippen LogP contribution in [-0.2, 0) is 14.1 Å². The van der Waals surface area contributed by atoms with E-state index in [1.165, 1.54) is 11.6 Å². The monoisotopic (exact) mass is 311 g/mol. The normalized spacial score (nSPS) is 11.0. The fourth-order valence-electron chi connectivity index (χ4n) is 2.46. The van der Waals surface area contributed by atoms with E-state index in [1.807, 2.05) is 49.3 Å². The van der Waals surface area contributed by atoms with Gasteiger partial charge in [0, 0.05) is 33.8 Å². The van der Waals surface area contributed by atoms with Crippen LogP contribution in [-0.4, -0.2) is 33.2 Å². The van der Waals surface area contributed by atoms with Crippen molar-refractivity contribution in [1.82, 2.24) is 19.1 Å². The minimum absolute atomic E-state index is 0.180. The molecule has 3 rings (SSSR count). The van der Waals surface area contributed by atoms with Crippen molar-refractivity contribution in [3.05, 3.63) is 51.2 Å². The Morgan fingerprint density at radius 3 is 2.22 bits per heavy atom. The average Bonchev–Trinajstić information content (AvgIpc) is 2.57. The quantitative estimate of drug-likeness (QED) is 0.698. The van der Waals surface area contributed by atoms with E-state index < -0.39 is 11.2 Å². The van der Waals surface area contributed by atoms with Crippen LogP contribution in [0.1, 0.15) is 0 Å². The third-order valence-electron chi connectivity index (χ3n) is 3.73.